The van der Waals surface area contributed by atoms with E-state index in [1.807, 2.05) is 19.1 Å². The highest BCUT2D eigenvalue weighted by Crippen LogP contribution is 2.35. The predicted octanol–water partition coefficient (Wildman–Crippen LogP) is 3.20. The molecular weight excluding hydrogens is 530 g/mol. The summed E-state index contributed by atoms with van der Waals surface area (Å²) in [4.78, 5) is 29.9. The molecule has 3 heterocycles. The first-order valence-corrected chi connectivity index (χ1v) is 14.7. The van der Waals surface area contributed by atoms with Gasteiger partial charge in [-0.2, -0.15) is 9.30 Å². The number of thiazole rings is 1. The number of methoxy groups -OCH3 is 1. The first kappa shape index (κ1) is 26.4. The third-order valence-electron chi connectivity index (χ3n) is 6.67. The van der Waals surface area contributed by atoms with Crippen LogP contribution in [-0.2, 0) is 26.1 Å². The van der Waals surface area contributed by atoms with Crippen molar-refractivity contribution in [2.75, 3.05) is 33.4 Å². The molecule has 0 N–H and O–H groups in total. The van der Waals surface area contributed by atoms with Crippen LogP contribution in [0.5, 0.6) is 11.5 Å². The van der Waals surface area contributed by atoms with E-state index in [9.17, 15) is 18.0 Å². The van der Waals surface area contributed by atoms with E-state index in [0.717, 1.165) is 23.1 Å². The summed E-state index contributed by atoms with van der Waals surface area (Å²) in [7, 11) is -2.30. The van der Waals surface area contributed by atoms with Gasteiger partial charge in [-0.25, -0.2) is 8.42 Å². The van der Waals surface area contributed by atoms with Crippen LogP contribution < -0.4 is 14.3 Å². The Bertz CT molecular complexity index is 1540. The lowest BCUT2D eigenvalue weighted by Crippen LogP contribution is -2.39. The molecule has 0 radical (unpaired) electrons. The smallest absolute Gasteiger partial charge is 0.307 e. The van der Waals surface area contributed by atoms with E-state index < -0.39 is 15.9 Å². The molecule has 1 aromatic heterocycles. The number of ether oxygens (including phenoxy) is 3. The zero-order valence-electron chi connectivity index (χ0n) is 21.2. The van der Waals surface area contributed by atoms with Crippen molar-refractivity contribution >= 4 is 43.5 Å². The first-order chi connectivity index (χ1) is 18.3. The highest BCUT2D eigenvalue weighted by atomic mass is 32.2. The van der Waals surface area contributed by atoms with Gasteiger partial charge in [-0.1, -0.05) is 18.3 Å². The summed E-state index contributed by atoms with van der Waals surface area (Å²) in [5, 5.41) is 0. The van der Waals surface area contributed by atoms with Crippen LogP contribution in [0.15, 0.2) is 46.3 Å². The number of piperidine rings is 1. The zero-order valence-corrected chi connectivity index (χ0v) is 22.8. The fourth-order valence-electron chi connectivity index (χ4n) is 4.65. The van der Waals surface area contributed by atoms with Gasteiger partial charge in [-0.05, 0) is 43.0 Å². The van der Waals surface area contributed by atoms with Gasteiger partial charge in [0, 0.05) is 37.3 Å². The zero-order chi connectivity index (χ0) is 26.9. The van der Waals surface area contributed by atoms with E-state index in [2.05, 4.69) is 4.99 Å². The van der Waals surface area contributed by atoms with Gasteiger partial charge >= 0.3 is 5.97 Å². The summed E-state index contributed by atoms with van der Waals surface area (Å²) in [6.07, 6.45) is 1.95. The largest absolute Gasteiger partial charge is 0.486 e. The Morgan fingerprint density at radius 1 is 1.13 bits per heavy atom. The van der Waals surface area contributed by atoms with Crippen molar-refractivity contribution in [2.45, 2.75) is 37.6 Å². The number of aryl methyl sites for hydroxylation is 1. The molecule has 38 heavy (non-hydrogen) atoms. The van der Waals surface area contributed by atoms with Crippen molar-refractivity contribution in [3.8, 4) is 11.5 Å². The fourth-order valence-corrected chi connectivity index (χ4v) is 7.31. The minimum absolute atomic E-state index is 0.0970. The number of fused-ring (bicyclic) bond motifs is 2. The van der Waals surface area contributed by atoms with Crippen molar-refractivity contribution in [3.05, 3.63) is 46.8 Å². The highest BCUT2D eigenvalue weighted by Gasteiger charge is 2.28. The molecule has 5 rings (SSSR count). The number of nitrogens with zero attached hydrogens (tertiary/aromatic N) is 3. The minimum atomic E-state index is -3.62. The molecule has 0 saturated carbocycles. The quantitative estimate of drug-likeness (QED) is 0.426. The molecule has 0 spiro atoms. The molecular formula is C26H29N3O7S2. The van der Waals surface area contributed by atoms with Crippen molar-refractivity contribution in [3.63, 3.8) is 0 Å². The molecule has 1 unspecified atom stereocenters. The molecule has 10 nitrogen and oxygen atoms in total. The molecule has 1 amide bonds. The first-order valence-electron chi connectivity index (χ1n) is 12.5. The van der Waals surface area contributed by atoms with Gasteiger partial charge in [0.25, 0.3) is 5.91 Å². The van der Waals surface area contributed by atoms with Crippen LogP contribution >= 0.6 is 11.3 Å². The summed E-state index contributed by atoms with van der Waals surface area (Å²) in [5.41, 5.74) is 1.02. The molecule has 2 aromatic carbocycles. The number of sulfonamides is 1. The summed E-state index contributed by atoms with van der Waals surface area (Å²) in [5.74, 6) is 0.616. The lowest BCUT2D eigenvalue weighted by atomic mass is 10.0. The molecule has 2 aliphatic rings. The van der Waals surface area contributed by atoms with Crippen LogP contribution in [-0.4, -0.2) is 62.6 Å². The Balaban J connectivity index is 1.47. The van der Waals surface area contributed by atoms with E-state index in [1.165, 1.54) is 47.0 Å². The number of esters is 1. The third kappa shape index (κ3) is 5.33. The summed E-state index contributed by atoms with van der Waals surface area (Å²) in [6, 6.07) is 9.54. The maximum Gasteiger partial charge on any atom is 0.307 e. The molecule has 1 fully saturated rings. The molecule has 202 valence electrons. The maximum atomic E-state index is 13.1. The van der Waals surface area contributed by atoms with E-state index in [4.69, 9.17) is 14.2 Å². The minimum Gasteiger partial charge on any atom is -0.486 e. The average Bonchev–Trinajstić information content (AvgIpc) is 3.25. The van der Waals surface area contributed by atoms with Crippen LogP contribution in [0.2, 0.25) is 0 Å². The van der Waals surface area contributed by atoms with Crippen molar-refractivity contribution in [1.29, 1.82) is 0 Å². The van der Waals surface area contributed by atoms with Crippen molar-refractivity contribution in [1.82, 2.24) is 8.87 Å². The van der Waals surface area contributed by atoms with Crippen molar-refractivity contribution in [2.24, 2.45) is 10.9 Å². The lowest BCUT2D eigenvalue weighted by molar-refractivity contribution is -0.140. The van der Waals surface area contributed by atoms with Crippen LogP contribution in [0.3, 0.4) is 0 Å². The number of amides is 1. The second kappa shape index (κ2) is 10.9. The van der Waals surface area contributed by atoms with Gasteiger partial charge in [-0.15, -0.1) is 0 Å². The second-order valence-electron chi connectivity index (χ2n) is 9.38. The Kier molecular flexibility index (Phi) is 7.55. The van der Waals surface area contributed by atoms with E-state index in [-0.39, 0.29) is 29.4 Å². The van der Waals surface area contributed by atoms with Gasteiger partial charge in [0.15, 0.2) is 16.3 Å². The average molecular weight is 560 g/mol. The molecule has 2 aliphatic heterocycles. The number of hydrogen-bond donors (Lipinski definition) is 0. The Morgan fingerprint density at radius 2 is 1.84 bits per heavy atom. The van der Waals surface area contributed by atoms with E-state index >= 15 is 0 Å². The Hall–Kier alpha value is -3.22. The molecule has 12 heteroatoms. The molecule has 0 bridgehead atoms. The lowest BCUT2D eigenvalue weighted by Gasteiger charge is -2.30. The van der Waals surface area contributed by atoms with Gasteiger partial charge in [0.1, 0.15) is 13.2 Å². The number of carbonyl (C=O) groups excluding carboxylic acids is 2. The Labute approximate surface area is 224 Å². The molecule has 3 aromatic rings. The van der Waals surface area contributed by atoms with Gasteiger partial charge in [0.05, 0.1) is 28.6 Å². The van der Waals surface area contributed by atoms with Crippen LogP contribution in [0, 0.1) is 5.92 Å². The Morgan fingerprint density at radius 3 is 2.53 bits per heavy atom. The van der Waals surface area contributed by atoms with Gasteiger partial charge in [0.2, 0.25) is 10.0 Å². The number of aromatic nitrogens is 1. The second-order valence-corrected chi connectivity index (χ2v) is 12.3. The van der Waals surface area contributed by atoms with Crippen LogP contribution in [0.4, 0.5) is 0 Å². The van der Waals surface area contributed by atoms with Gasteiger partial charge in [-0.3, -0.25) is 9.59 Å². The summed E-state index contributed by atoms with van der Waals surface area (Å²) >= 11 is 1.29. The normalized spacial score (nSPS) is 18.5. The van der Waals surface area contributed by atoms with Crippen LogP contribution in [0.25, 0.3) is 10.2 Å². The molecule has 1 atom stereocenters. The maximum absolute atomic E-state index is 13.1. The predicted molar refractivity (Wildman–Crippen MR) is 141 cm³/mol. The number of hydrogen-bond acceptors (Lipinski definition) is 8. The summed E-state index contributed by atoms with van der Waals surface area (Å²) < 4.78 is 46.4. The van der Waals surface area contributed by atoms with Crippen molar-refractivity contribution < 1.29 is 32.2 Å². The topological polar surface area (TPSA) is 117 Å². The SMILES string of the molecule is COC(=O)CCn1c(=NC(=O)c2ccc(S(=O)(=O)N3CCCC(C)C3)cc2)sc2cc3c(cc21)OCCO3. The molecule has 1 saturated heterocycles. The number of carbonyl (C=O) groups is 2. The van der Waals surface area contributed by atoms with Gasteiger partial charge < -0.3 is 18.8 Å². The highest BCUT2D eigenvalue weighted by molar-refractivity contribution is 7.89. The third-order valence-corrected chi connectivity index (χ3v) is 9.59. The van der Waals surface area contributed by atoms with Crippen LogP contribution in [0.1, 0.15) is 36.5 Å². The number of rotatable bonds is 6. The number of benzene rings is 2. The van der Waals surface area contributed by atoms with E-state index in [1.54, 1.807) is 4.57 Å². The molecule has 0 aliphatic carbocycles. The monoisotopic (exact) mass is 559 g/mol. The summed E-state index contributed by atoms with van der Waals surface area (Å²) in [6.45, 7) is 4.18. The van der Waals surface area contributed by atoms with E-state index in [0.29, 0.717) is 48.5 Å². The standard InChI is InChI=1S/C26H29N3O7S2/c1-17-4-3-10-28(16-17)38(32,33)19-7-5-18(6-8-19)25(31)27-26-29(11-9-24(30)34-2)20-14-21-22(15-23(20)37-26)36-13-12-35-21/h5-8,14-15,17H,3-4,9-13,16H2,1-2H3. The fraction of sp³-hybridized carbons (Fsp3) is 0.423.